The Balaban J connectivity index is 2.99. The van der Waals surface area contributed by atoms with Gasteiger partial charge in [0.1, 0.15) is 0 Å². The molecule has 0 rings (SSSR count). The van der Waals surface area contributed by atoms with Crippen LogP contribution in [0.2, 0.25) is 9.28 Å². The Morgan fingerprint density at radius 1 is 1.33 bits per heavy atom. The summed E-state index contributed by atoms with van der Waals surface area (Å²) in [5, 5.41) is 0. The first-order valence-electron chi connectivity index (χ1n) is 2.23. The van der Waals surface area contributed by atoms with Gasteiger partial charge in [0.05, 0.1) is 0 Å². The molecule has 0 fully saturated rings. The standard InChI is InChI=1S/2C2H5.Nb.O/c2*1-2;;/h2*1H2,2H3;;. The molecular weight excluding hydrogens is 157 g/mol. The van der Waals surface area contributed by atoms with Gasteiger partial charge in [-0.25, -0.2) is 0 Å². The Bertz CT molecular complexity index is 45.5. The van der Waals surface area contributed by atoms with Crippen molar-refractivity contribution < 1.29 is 21.7 Å². The van der Waals surface area contributed by atoms with E-state index in [-0.39, 0.29) is 0 Å². The number of hydrogen-bond donors (Lipinski definition) is 0. The molecule has 0 spiro atoms. The van der Waals surface area contributed by atoms with Gasteiger partial charge >= 0.3 is 44.8 Å². The second kappa shape index (κ2) is 3.72. The molecular formula is C4H10NbO. The fraction of sp³-hybridized carbons (Fsp3) is 1.00. The van der Waals surface area contributed by atoms with E-state index in [0.29, 0.717) is 0 Å². The van der Waals surface area contributed by atoms with Crippen molar-refractivity contribution in [1.29, 1.82) is 0 Å². The van der Waals surface area contributed by atoms with Crippen molar-refractivity contribution in [1.82, 2.24) is 0 Å². The fourth-order valence-corrected chi connectivity index (χ4v) is 1.32. The van der Waals surface area contributed by atoms with Crippen LogP contribution in [0.15, 0.2) is 0 Å². The summed E-state index contributed by atoms with van der Waals surface area (Å²) in [5.74, 6) is 0. The van der Waals surface area contributed by atoms with E-state index in [1.54, 1.807) is 0 Å². The molecule has 0 aliphatic rings. The Labute approximate surface area is 45.2 Å². The van der Waals surface area contributed by atoms with E-state index in [4.69, 9.17) is 0 Å². The van der Waals surface area contributed by atoms with Crippen LogP contribution < -0.4 is 0 Å². The molecule has 0 atom stereocenters. The van der Waals surface area contributed by atoms with Crippen LogP contribution in [-0.2, 0) is 21.7 Å². The maximum absolute atomic E-state index is 10.4. The molecule has 6 heavy (non-hydrogen) atoms. The summed E-state index contributed by atoms with van der Waals surface area (Å²) in [6, 6.07) is 0. The summed E-state index contributed by atoms with van der Waals surface area (Å²) in [5.41, 5.74) is 0. The minimum absolute atomic E-state index is 0.958. The van der Waals surface area contributed by atoms with Crippen LogP contribution >= 0.6 is 0 Å². The van der Waals surface area contributed by atoms with E-state index >= 15 is 0 Å². The van der Waals surface area contributed by atoms with Gasteiger partial charge in [0.2, 0.25) is 0 Å². The SMILES string of the molecule is C[CH2][Nb](=[O])[CH2]C. The minimum atomic E-state index is -1.76. The van der Waals surface area contributed by atoms with Gasteiger partial charge in [-0.1, -0.05) is 0 Å². The van der Waals surface area contributed by atoms with E-state index in [0.717, 1.165) is 9.28 Å². The van der Waals surface area contributed by atoms with Crippen LogP contribution in [0.25, 0.3) is 0 Å². The van der Waals surface area contributed by atoms with Crippen molar-refractivity contribution in [3.05, 3.63) is 0 Å². The molecule has 0 radical (unpaired) electrons. The Hall–Kier alpha value is 0.540. The second-order valence-corrected chi connectivity index (χ2v) is 6.59. The van der Waals surface area contributed by atoms with Crippen LogP contribution in [0.5, 0.6) is 0 Å². The molecule has 0 aromatic heterocycles. The summed E-state index contributed by atoms with van der Waals surface area (Å²) >= 11 is -1.76. The summed E-state index contributed by atoms with van der Waals surface area (Å²) in [7, 11) is 0. The number of hydrogen-bond acceptors (Lipinski definition) is 1. The summed E-state index contributed by atoms with van der Waals surface area (Å²) in [6.07, 6.45) is 0. The third-order valence-corrected chi connectivity index (χ3v) is 4.17. The molecule has 0 aliphatic heterocycles. The Morgan fingerprint density at radius 3 is 1.67 bits per heavy atom. The zero-order valence-electron chi connectivity index (χ0n) is 4.27. The third-order valence-electron chi connectivity index (χ3n) is 0.705. The monoisotopic (exact) mass is 167 g/mol. The molecule has 0 heterocycles. The van der Waals surface area contributed by atoms with Gasteiger partial charge in [-0.05, 0) is 0 Å². The van der Waals surface area contributed by atoms with Gasteiger partial charge in [0.25, 0.3) is 0 Å². The van der Waals surface area contributed by atoms with Crippen LogP contribution in [0.4, 0.5) is 0 Å². The van der Waals surface area contributed by atoms with E-state index < -0.39 is 18.4 Å². The average molecular weight is 167 g/mol. The van der Waals surface area contributed by atoms with E-state index in [1.807, 2.05) is 13.8 Å². The molecule has 1 nitrogen and oxygen atoms in total. The summed E-state index contributed by atoms with van der Waals surface area (Å²) < 4.78 is 12.4. The molecule has 0 amide bonds. The van der Waals surface area contributed by atoms with Gasteiger partial charge < -0.3 is 0 Å². The summed E-state index contributed by atoms with van der Waals surface area (Å²) in [6.45, 7) is 4.00. The van der Waals surface area contributed by atoms with Crippen molar-refractivity contribution in [2.75, 3.05) is 0 Å². The van der Waals surface area contributed by atoms with Crippen molar-refractivity contribution in [3.63, 3.8) is 0 Å². The Kier molecular flexibility index (Phi) is 4.06. The zero-order valence-corrected chi connectivity index (χ0v) is 6.47. The molecule has 0 saturated carbocycles. The topological polar surface area (TPSA) is 17.1 Å². The first-order valence-corrected chi connectivity index (χ1v) is 6.24. The molecule has 0 aromatic rings. The van der Waals surface area contributed by atoms with Crippen LogP contribution in [0.3, 0.4) is 0 Å². The molecule has 0 saturated heterocycles. The van der Waals surface area contributed by atoms with Crippen LogP contribution in [0, 0.1) is 0 Å². The predicted molar refractivity (Wildman–Crippen MR) is 21.6 cm³/mol. The molecule has 0 N–H and O–H groups in total. The van der Waals surface area contributed by atoms with Gasteiger partial charge in [-0.2, -0.15) is 0 Å². The maximum atomic E-state index is 10.4. The Morgan fingerprint density at radius 2 is 1.67 bits per heavy atom. The van der Waals surface area contributed by atoms with Gasteiger partial charge in [0, 0.05) is 0 Å². The van der Waals surface area contributed by atoms with E-state index in [9.17, 15) is 3.25 Å². The normalized spacial score (nSPS) is 8.33. The second-order valence-electron chi connectivity index (χ2n) is 1.11. The van der Waals surface area contributed by atoms with Crippen molar-refractivity contribution >= 4 is 0 Å². The molecule has 0 unspecified atom stereocenters. The van der Waals surface area contributed by atoms with E-state index in [1.165, 1.54) is 0 Å². The molecule has 0 bridgehead atoms. The van der Waals surface area contributed by atoms with Crippen LogP contribution in [-0.4, -0.2) is 0 Å². The first-order chi connectivity index (χ1) is 2.81. The van der Waals surface area contributed by atoms with Crippen molar-refractivity contribution in [3.8, 4) is 0 Å². The first kappa shape index (κ1) is 6.54. The van der Waals surface area contributed by atoms with E-state index in [2.05, 4.69) is 0 Å². The van der Waals surface area contributed by atoms with Gasteiger partial charge in [-0.15, -0.1) is 0 Å². The quantitative estimate of drug-likeness (QED) is 0.573. The van der Waals surface area contributed by atoms with Crippen molar-refractivity contribution in [2.24, 2.45) is 0 Å². The zero-order chi connectivity index (χ0) is 4.99. The molecule has 2 heteroatoms. The molecule has 37 valence electrons. The number of rotatable bonds is 2. The fourth-order valence-electron chi connectivity index (χ4n) is 0.224. The molecule has 0 aromatic carbocycles. The van der Waals surface area contributed by atoms with Gasteiger partial charge in [-0.3, -0.25) is 0 Å². The van der Waals surface area contributed by atoms with Gasteiger partial charge in [0.15, 0.2) is 0 Å². The van der Waals surface area contributed by atoms with Crippen LogP contribution in [0.1, 0.15) is 13.8 Å². The van der Waals surface area contributed by atoms with Crippen molar-refractivity contribution in [2.45, 2.75) is 23.1 Å². The summed E-state index contributed by atoms with van der Waals surface area (Å²) in [4.78, 5) is 0. The predicted octanol–water partition coefficient (Wildman–Crippen LogP) is 1.83. The third kappa shape index (κ3) is 2.76. The molecule has 0 aliphatic carbocycles. The average Bonchev–Trinajstić information content (AvgIpc) is 1.65.